The molecule has 0 aliphatic rings. The second kappa shape index (κ2) is 8.05. The summed E-state index contributed by atoms with van der Waals surface area (Å²) < 4.78 is 31.9. The minimum atomic E-state index is -3.71. The molecule has 6 heteroatoms. The van der Waals surface area contributed by atoms with Crippen molar-refractivity contribution < 1.29 is 17.9 Å². The Labute approximate surface area is 158 Å². The van der Waals surface area contributed by atoms with Gasteiger partial charge in [-0.05, 0) is 42.0 Å². The quantitative estimate of drug-likeness (QED) is 0.608. The molecule has 0 saturated carbocycles. The van der Waals surface area contributed by atoms with Crippen LogP contribution in [-0.4, -0.2) is 21.4 Å². The molecule has 0 bridgehead atoms. The molecule has 0 unspecified atom stereocenters. The van der Waals surface area contributed by atoms with Gasteiger partial charge in [-0.2, -0.15) is 0 Å². The second-order valence-corrected chi connectivity index (χ2v) is 7.86. The van der Waals surface area contributed by atoms with E-state index >= 15 is 0 Å². The molecule has 0 aliphatic carbocycles. The van der Waals surface area contributed by atoms with E-state index in [1.165, 1.54) is 35.6 Å². The van der Waals surface area contributed by atoms with Crippen LogP contribution in [0.5, 0.6) is 0 Å². The minimum Gasteiger partial charge on any atom is -0.457 e. The average molecular weight is 381 g/mol. The van der Waals surface area contributed by atoms with Gasteiger partial charge in [-0.15, -0.1) is 0 Å². The number of carbonyl (C=O) groups is 1. The van der Waals surface area contributed by atoms with E-state index in [2.05, 4.69) is 0 Å². The highest BCUT2D eigenvalue weighted by Gasteiger charge is 2.21. The first-order valence-electron chi connectivity index (χ1n) is 8.33. The van der Waals surface area contributed by atoms with E-state index in [1.807, 2.05) is 36.4 Å². The molecule has 27 heavy (non-hydrogen) atoms. The van der Waals surface area contributed by atoms with E-state index in [1.54, 1.807) is 24.3 Å². The molecule has 0 atom stereocenters. The van der Waals surface area contributed by atoms with Gasteiger partial charge in [0.2, 0.25) is 0 Å². The molecule has 0 aliphatic heterocycles. The maximum atomic E-state index is 12.7. The van der Waals surface area contributed by atoms with Crippen LogP contribution in [0.3, 0.4) is 0 Å². The van der Waals surface area contributed by atoms with Gasteiger partial charge in [-0.3, -0.25) is 4.31 Å². The number of rotatable bonds is 6. The summed E-state index contributed by atoms with van der Waals surface area (Å²) in [5.41, 5.74) is 1.74. The van der Waals surface area contributed by atoms with Crippen molar-refractivity contribution in [1.29, 1.82) is 0 Å². The van der Waals surface area contributed by atoms with Crippen molar-refractivity contribution in [3.8, 4) is 0 Å². The summed E-state index contributed by atoms with van der Waals surface area (Å²) in [5, 5.41) is 0. The molecule has 0 spiro atoms. The second-order valence-electron chi connectivity index (χ2n) is 5.89. The molecule has 0 saturated heterocycles. The molecular formula is C21H19NO4S. The molecule has 3 aromatic carbocycles. The predicted molar refractivity (Wildman–Crippen MR) is 104 cm³/mol. The highest BCUT2D eigenvalue weighted by atomic mass is 32.2. The summed E-state index contributed by atoms with van der Waals surface area (Å²) in [6.45, 7) is 0.163. The molecular weight excluding hydrogens is 362 g/mol. The highest BCUT2D eigenvalue weighted by Crippen LogP contribution is 2.22. The summed E-state index contributed by atoms with van der Waals surface area (Å²) in [7, 11) is -2.22. The number of nitrogens with zero attached hydrogens (tertiary/aromatic N) is 1. The van der Waals surface area contributed by atoms with Crippen molar-refractivity contribution in [2.24, 2.45) is 0 Å². The molecule has 0 aromatic heterocycles. The zero-order valence-corrected chi connectivity index (χ0v) is 15.6. The number of hydrogen-bond acceptors (Lipinski definition) is 4. The first kappa shape index (κ1) is 18.7. The molecule has 0 fully saturated rings. The van der Waals surface area contributed by atoms with Crippen LogP contribution in [0.1, 0.15) is 15.9 Å². The van der Waals surface area contributed by atoms with Gasteiger partial charge in [-0.25, -0.2) is 13.2 Å². The van der Waals surface area contributed by atoms with Crippen LogP contribution in [0.4, 0.5) is 5.69 Å². The number of esters is 1. The monoisotopic (exact) mass is 381 g/mol. The normalized spacial score (nSPS) is 11.0. The molecule has 5 nitrogen and oxygen atoms in total. The highest BCUT2D eigenvalue weighted by molar-refractivity contribution is 7.92. The number of sulfonamides is 1. The fourth-order valence-electron chi connectivity index (χ4n) is 2.50. The summed E-state index contributed by atoms with van der Waals surface area (Å²) in [6, 6.07) is 23.9. The van der Waals surface area contributed by atoms with Gasteiger partial charge in [0.15, 0.2) is 0 Å². The Balaban J connectivity index is 1.71. The smallest absolute Gasteiger partial charge is 0.338 e. The fourth-order valence-corrected chi connectivity index (χ4v) is 3.70. The van der Waals surface area contributed by atoms with Gasteiger partial charge < -0.3 is 4.74 Å². The number of benzene rings is 3. The molecule has 138 valence electrons. The van der Waals surface area contributed by atoms with E-state index in [9.17, 15) is 13.2 Å². The topological polar surface area (TPSA) is 63.7 Å². The zero-order valence-electron chi connectivity index (χ0n) is 14.8. The van der Waals surface area contributed by atoms with Gasteiger partial charge >= 0.3 is 5.97 Å². The maximum absolute atomic E-state index is 12.7. The number of anilines is 1. The Bertz CT molecular complexity index is 1000. The van der Waals surface area contributed by atoms with Crippen LogP contribution in [0, 0.1) is 0 Å². The van der Waals surface area contributed by atoms with Crippen LogP contribution >= 0.6 is 0 Å². The molecule has 3 aromatic rings. The van der Waals surface area contributed by atoms with Crippen LogP contribution in [0.25, 0.3) is 0 Å². The van der Waals surface area contributed by atoms with E-state index in [0.29, 0.717) is 11.3 Å². The Morgan fingerprint density at radius 2 is 1.41 bits per heavy atom. The summed E-state index contributed by atoms with van der Waals surface area (Å²) in [6.07, 6.45) is 0. The minimum absolute atomic E-state index is 0.105. The fraction of sp³-hybridized carbons (Fsp3) is 0.0952. The SMILES string of the molecule is CN(c1ccccc1)S(=O)(=O)c1ccc(C(=O)OCc2ccccc2)cc1. The van der Waals surface area contributed by atoms with E-state index in [4.69, 9.17) is 4.74 Å². The molecule has 3 rings (SSSR count). The number of ether oxygens (including phenoxy) is 1. The lowest BCUT2D eigenvalue weighted by molar-refractivity contribution is 0.0472. The Morgan fingerprint density at radius 3 is 2.00 bits per heavy atom. The standard InChI is InChI=1S/C21H19NO4S/c1-22(19-10-6-3-7-11-19)27(24,25)20-14-12-18(13-15-20)21(23)26-16-17-8-4-2-5-9-17/h2-15H,16H2,1H3. The third-order valence-electron chi connectivity index (χ3n) is 4.08. The maximum Gasteiger partial charge on any atom is 0.338 e. The van der Waals surface area contributed by atoms with Crippen molar-refractivity contribution in [2.75, 3.05) is 11.4 Å². The Hall–Kier alpha value is -3.12. The van der Waals surface area contributed by atoms with Gasteiger partial charge in [0.25, 0.3) is 10.0 Å². The van der Waals surface area contributed by atoms with Crippen molar-refractivity contribution in [3.05, 3.63) is 96.1 Å². The third kappa shape index (κ3) is 4.35. The summed E-state index contributed by atoms with van der Waals surface area (Å²) >= 11 is 0. The van der Waals surface area contributed by atoms with Crippen molar-refractivity contribution in [3.63, 3.8) is 0 Å². The van der Waals surface area contributed by atoms with Crippen molar-refractivity contribution in [2.45, 2.75) is 11.5 Å². The van der Waals surface area contributed by atoms with Gasteiger partial charge in [-0.1, -0.05) is 48.5 Å². The van der Waals surface area contributed by atoms with E-state index < -0.39 is 16.0 Å². The zero-order chi connectivity index (χ0) is 19.3. The number of hydrogen-bond donors (Lipinski definition) is 0. The lowest BCUT2D eigenvalue weighted by Gasteiger charge is -2.19. The van der Waals surface area contributed by atoms with Gasteiger partial charge in [0.05, 0.1) is 16.1 Å². The van der Waals surface area contributed by atoms with Gasteiger partial charge in [0, 0.05) is 7.05 Å². The number of carbonyl (C=O) groups excluding carboxylic acids is 1. The Kier molecular flexibility index (Phi) is 5.57. The summed E-state index contributed by atoms with van der Waals surface area (Å²) in [4.78, 5) is 12.3. The first-order valence-corrected chi connectivity index (χ1v) is 9.77. The molecule has 0 N–H and O–H groups in total. The molecule has 0 heterocycles. The average Bonchev–Trinajstić information content (AvgIpc) is 2.73. The van der Waals surface area contributed by atoms with E-state index in [-0.39, 0.29) is 11.5 Å². The molecule has 0 amide bonds. The first-order chi connectivity index (χ1) is 13.0. The Morgan fingerprint density at radius 1 is 0.852 bits per heavy atom. The number of para-hydroxylation sites is 1. The van der Waals surface area contributed by atoms with Crippen LogP contribution in [-0.2, 0) is 21.4 Å². The van der Waals surface area contributed by atoms with Gasteiger partial charge in [0.1, 0.15) is 6.61 Å². The van der Waals surface area contributed by atoms with Crippen LogP contribution < -0.4 is 4.31 Å². The predicted octanol–water partition coefficient (Wildman–Crippen LogP) is 3.87. The van der Waals surface area contributed by atoms with E-state index in [0.717, 1.165) is 5.56 Å². The van der Waals surface area contributed by atoms with Crippen molar-refractivity contribution >= 4 is 21.7 Å². The third-order valence-corrected chi connectivity index (χ3v) is 5.88. The lowest BCUT2D eigenvalue weighted by atomic mass is 10.2. The lowest BCUT2D eigenvalue weighted by Crippen LogP contribution is -2.26. The van der Waals surface area contributed by atoms with Crippen molar-refractivity contribution in [1.82, 2.24) is 0 Å². The van der Waals surface area contributed by atoms with Crippen LogP contribution in [0.2, 0.25) is 0 Å². The summed E-state index contributed by atoms with van der Waals surface area (Å²) in [5.74, 6) is -0.501. The van der Waals surface area contributed by atoms with Crippen LogP contribution in [0.15, 0.2) is 89.8 Å². The largest absolute Gasteiger partial charge is 0.457 e. The molecule has 0 radical (unpaired) electrons.